The summed E-state index contributed by atoms with van der Waals surface area (Å²) in [6, 6.07) is 0.600. The van der Waals surface area contributed by atoms with Gasteiger partial charge in [-0.25, -0.2) is 0 Å². The van der Waals surface area contributed by atoms with Gasteiger partial charge in [0.2, 0.25) is 5.91 Å². The van der Waals surface area contributed by atoms with Crippen molar-refractivity contribution in [2.24, 2.45) is 5.41 Å². The van der Waals surface area contributed by atoms with Crippen molar-refractivity contribution in [2.45, 2.75) is 45.6 Å². The van der Waals surface area contributed by atoms with Crippen molar-refractivity contribution in [2.75, 3.05) is 13.1 Å². The number of amides is 1. The standard InChI is InChI=1S/C12H22N2O3/c1-3-12(2,11(16)17)8-14-10(15)6-7-13-9-4-5-9/h9,13H,3-8H2,1-2H3,(H,14,15)(H,16,17). The first-order valence-electron chi connectivity index (χ1n) is 6.21. The van der Waals surface area contributed by atoms with Crippen molar-refractivity contribution in [3.63, 3.8) is 0 Å². The molecule has 5 nitrogen and oxygen atoms in total. The molecule has 0 saturated heterocycles. The Morgan fingerprint density at radius 2 is 2.06 bits per heavy atom. The molecular weight excluding hydrogens is 220 g/mol. The van der Waals surface area contributed by atoms with Crippen LogP contribution in [0.15, 0.2) is 0 Å². The van der Waals surface area contributed by atoms with E-state index in [9.17, 15) is 9.59 Å². The maximum atomic E-state index is 11.5. The number of nitrogens with one attached hydrogen (secondary N) is 2. The Morgan fingerprint density at radius 3 is 2.53 bits per heavy atom. The zero-order chi connectivity index (χ0) is 12.9. The number of hydrogen-bond acceptors (Lipinski definition) is 3. The van der Waals surface area contributed by atoms with Gasteiger partial charge < -0.3 is 15.7 Å². The quantitative estimate of drug-likeness (QED) is 0.587. The molecule has 0 aromatic carbocycles. The van der Waals surface area contributed by atoms with Crippen LogP contribution in [0, 0.1) is 5.41 Å². The highest BCUT2D eigenvalue weighted by atomic mass is 16.4. The molecule has 1 atom stereocenters. The number of carboxylic acids is 1. The van der Waals surface area contributed by atoms with Crippen LogP contribution in [0.25, 0.3) is 0 Å². The Labute approximate surface area is 102 Å². The SMILES string of the molecule is CCC(C)(CNC(=O)CCNC1CC1)C(=O)O. The van der Waals surface area contributed by atoms with Crippen LogP contribution in [-0.4, -0.2) is 36.1 Å². The summed E-state index contributed by atoms with van der Waals surface area (Å²) < 4.78 is 0. The third-order valence-corrected chi connectivity index (χ3v) is 3.33. The minimum Gasteiger partial charge on any atom is -0.481 e. The fraction of sp³-hybridized carbons (Fsp3) is 0.833. The van der Waals surface area contributed by atoms with Crippen LogP contribution in [0.5, 0.6) is 0 Å². The van der Waals surface area contributed by atoms with Crippen molar-refractivity contribution in [1.82, 2.24) is 10.6 Å². The van der Waals surface area contributed by atoms with Crippen LogP contribution in [-0.2, 0) is 9.59 Å². The van der Waals surface area contributed by atoms with Crippen LogP contribution < -0.4 is 10.6 Å². The zero-order valence-corrected chi connectivity index (χ0v) is 10.6. The van der Waals surface area contributed by atoms with E-state index in [-0.39, 0.29) is 12.5 Å². The number of aliphatic carboxylic acids is 1. The molecular formula is C12H22N2O3. The Bertz CT molecular complexity index is 289. The highest BCUT2D eigenvalue weighted by molar-refractivity contribution is 5.78. The summed E-state index contributed by atoms with van der Waals surface area (Å²) in [7, 11) is 0. The Hall–Kier alpha value is -1.10. The first-order valence-corrected chi connectivity index (χ1v) is 6.21. The van der Waals surface area contributed by atoms with Gasteiger partial charge in [-0.05, 0) is 26.2 Å². The van der Waals surface area contributed by atoms with Crippen molar-refractivity contribution < 1.29 is 14.7 Å². The van der Waals surface area contributed by atoms with Gasteiger partial charge in [-0.15, -0.1) is 0 Å². The second-order valence-electron chi connectivity index (χ2n) is 4.97. The molecule has 0 aliphatic heterocycles. The molecule has 0 bridgehead atoms. The summed E-state index contributed by atoms with van der Waals surface area (Å²) in [5, 5.41) is 15.0. The minimum atomic E-state index is -0.864. The molecule has 1 saturated carbocycles. The third kappa shape index (κ3) is 4.73. The van der Waals surface area contributed by atoms with Crippen LogP contribution in [0.4, 0.5) is 0 Å². The Morgan fingerprint density at radius 1 is 1.41 bits per heavy atom. The lowest BCUT2D eigenvalue weighted by atomic mass is 9.88. The second kappa shape index (κ2) is 6.00. The molecule has 1 unspecified atom stereocenters. The van der Waals surface area contributed by atoms with E-state index in [0.29, 0.717) is 25.4 Å². The van der Waals surface area contributed by atoms with Crippen LogP contribution in [0.3, 0.4) is 0 Å². The van der Waals surface area contributed by atoms with Crippen molar-refractivity contribution in [3.05, 3.63) is 0 Å². The van der Waals surface area contributed by atoms with E-state index in [4.69, 9.17) is 5.11 Å². The number of rotatable bonds is 8. The summed E-state index contributed by atoms with van der Waals surface area (Å²) in [6.45, 7) is 4.33. The minimum absolute atomic E-state index is 0.0842. The lowest BCUT2D eigenvalue weighted by Gasteiger charge is -2.23. The van der Waals surface area contributed by atoms with E-state index in [1.807, 2.05) is 6.92 Å². The summed E-state index contributed by atoms with van der Waals surface area (Å²) in [6.07, 6.45) is 3.32. The lowest BCUT2D eigenvalue weighted by Crippen LogP contribution is -2.41. The van der Waals surface area contributed by atoms with Gasteiger partial charge in [-0.1, -0.05) is 6.92 Å². The number of hydrogen-bond donors (Lipinski definition) is 3. The topological polar surface area (TPSA) is 78.4 Å². The van der Waals surface area contributed by atoms with E-state index >= 15 is 0 Å². The Kier molecular flexibility index (Phi) is 4.93. The molecule has 0 heterocycles. The van der Waals surface area contributed by atoms with Gasteiger partial charge in [0, 0.05) is 25.6 Å². The molecule has 1 fully saturated rings. The lowest BCUT2D eigenvalue weighted by molar-refractivity contribution is -0.148. The summed E-state index contributed by atoms with van der Waals surface area (Å²) in [4.78, 5) is 22.5. The highest BCUT2D eigenvalue weighted by Gasteiger charge is 2.31. The van der Waals surface area contributed by atoms with Crippen molar-refractivity contribution >= 4 is 11.9 Å². The van der Waals surface area contributed by atoms with Gasteiger partial charge in [0.15, 0.2) is 0 Å². The predicted molar refractivity (Wildman–Crippen MR) is 64.7 cm³/mol. The van der Waals surface area contributed by atoms with Crippen LogP contribution in [0.1, 0.15) is 39.5 Å². The van der Waals surface area contributed by atoms with E-state index in [1.165, 1.54) is 12.8 Å². The van der Waals surface area contributed by atoms with E-state index in [1.54, 1.807) is 6.92 Å². The molecule has 5 heteroatoms. The van der Waals surface area contributed by atoms with Gasteiger partial charge in [0.05, 0.1) is 5.41 Å². The molecule has 0 radical (unpaired) electrons. The maximum Gasteiger partial charge on any atom is 0.311 e. The molecule has 1 aliphatic carbocycles. The fourth-order valence-corrected chi connectivity index (χ4v) is 1.41. The van der Waals surface area contributed by atoms with Gasteiger partial charge in [0.25, 0.3) is 0 Å². The molecule has 0 aromatic rings. The van der Waals surface area contributed by atoms with E-state index in [0.717, 1.165) is 0 Å². The average molecular weight is 242 g/mol. The number of carboxylic acid groups (broad SMARTS) is 1. The summed E-state index contributed by atoms with van der Waals surface area (Å²) in [5.41, 5.74) is -0.862. The first kappa shape index (κ1) is 14.0. The van der Waals surface area contributed by atoms with Crippen molar-refractivity contribution in [3.8, 4) is 0 Å². The number of carbonyl (C=O) groups is 2. The molecule has 0 spiro atoms. The smallest absolute Gasteiger partial charge is 0.311 e. The second-order valence-corrected chi connectivity index (χ2v) is 4.97. The average Bonchev–Trinajstić information content (AvgIpc) is 3.09. The fourth-order valence-electron chi connectivity index (χ4n) is 1.41. The third-order valence-electron chi connectivity index (χ3n) is 3.33. The van der Waals surface area contributed by atoms with Crippen LogP contribution in [0.2, 0.25) is 0 Å². The molecule has 17 heavy (non-hydrogen) atoms. The predicted octanol–water partition coefficient (Wildman–Crippen LogP) is 0.746. The number of carbonyl (C=O) groups excluding carboxylic acids is 1. The Balaban J connectivity index is 2.18. The zero-order valence-electron chi connectivity index (χ0n) is 10.6. The molecule has 1 aliphatic rings. The largest absolute Gasteiger partial charge is 0.481 e. The summed E-state index contributed by atoms with van der Waals surface area (Å²) >= 11 is 0. The normalized spacial score (nSPS) is 18.5. The molecule has 0 aromatic heterocycles. The molecule has 3 N–H and O–H groups in total. The van der Waals surface area contributed by atoms with Gasteiger partial charge >= 0.3 is 5.97 Å². The molecule has 98 valence electrons. The molecule has 1 rings (SSSR count). The van der Waals surface area contributed by atoms with E-state index in [2.05, 4.69) is 10.6 Å². The first-order chi connectivity index (χ1) is 7.98. The van der Waals surface area contributed by atoms with Gasteiger partial charge in [-0.2, -0.15) is 0 Å². The molecule has 1 amide bonds. The monoisotopic (exact) mass is 242 g/mol. The maximum absolute atomic E-state index is 11.5. The van der Waals surface area contributed by atoms with Gasteiger partial charge in [0.1, 0.15) is 0 Å². The van der Waals surface area contributed by atoms with E-state index < -0.39 is 11.4 Å². The highest BCUT2D eigenvalue weighted by Crippen LogP contribution is 2.20. The van der Waals surface area contributed by atoms with Crippen LogP contribution >= 0.6 is 0 Å². The van der Waals surface area contributed by atoms with Gasteiger partial charge in [-0.3, -0.25) is 9.59 Å². The van der Waals surface area contributed by atoms with Crippen molar-refractivity contribution in [1.29, 1.82) is 0 Å². The summed E-state index contributed by atoms with van der Waals surface area (Å²) in [5.74, 6) is -0.949.